The number of thiazole rings is 1. The number of hydrogen-bond acceptors (Lipinski definition) is 10. The average Bonchev–Trinajstić information content (AvgIpc) is 3.61. The molecule has 224 valence electrons. The number of benzene rings is 1. The highest BCUT2D eigenvalue weighted by atomic mass is 35.5. The molecule has 0 aliphatic carbocycles. The number of carbonyl (C=O) groups is 1. The molecule has 42 heavy (non-hydrogen) atoms. The van der Waals surface area contributed by atoms with E-state index in [9.17, 15) is 26.4 Å². The number of oxime groups is 1. The average molecular weight is 661 g/mol. The van der Waals surface area contributed by atoms with Gasteiger partial charge in [0.15, 0.2) is 11.9 Å². The Kier molecular flexibility index (Phi) is 9.02. The van der Waals surface area contributed by atoms with Crippen LogP contribution in [0.2, 0.25) is 5.02 Å². The predicted molar refractivity (Wildman–Crippen MR) is 153 cm³/mol. The maximum atomic E-state index is 12.7. The number of nitrogens with zero attached hydrogens (tertiary/aromatic N) is 4. The number of piperidine rings is 1. The van der Waals surface area contributed by atoms with Crippen molar-refractivity contribution in [2.75, 3.05) is 25.1 Å². The van der Waals surface area contributed by atoms with Crippen LogP contribution in [0.15, 0.2) is 52.1 Å². The van der Waals surface area contributed by atoms with Crippen LogP contribution in [0.4, 0.5) is 13.2 Å². The molecule has 16 heteroatoms. The summed E-state index contributed by atoms with van der Waals surface area (Å²) >= 11 is 8.96. The maximum absolute atomic E-state index is 12.7. The lowest BCUT2D eigenvalue weighted by Gasteiger charge is -2.31. The lowest BCUT2D eigenvalue weighted by Crippen LogP contribution is -2.38. The molecule has 4 heterocycles. The number of rotatable bonds is 8. The fourth-order valence-corrected chi connectivity index (χ4v) is 7.10. The SMILES string of the molecule is CS(=O)(=O)Oc1cccc(Cl)c1C1CC(c2csc(C3CCN(C(=O)CSc4ccc(C(F)(F)F)cn4)CC3)n2)=NO1. The van der Waals surface area contributed by atoms with Gasteiger partial charge in [0.05, 0.1) is 43.9 Å². The van der Waals surface area contributed by atoms with Gasteiger partial charge in [-0.05, 0) is 37.1 Å². The molecule has 1 unspecified atom stereocenters. The van der Waals surface area contributed by atoms with Crippen molar-refractivity contribution in [2.24, 2.45) is 5.16 Å². The van der Waals surface area contributed by atoms with Gasteiger partial charge in [0.1, 0.15) is 5.71 Å². The van der Waals surface area contributed by atoms with Crippen molar-refractivity contribution in [3.63, 3.8) is 0 Å². The number of carbonyl (C=O) groups excluding carboxylic acids is 1. The Bertz CT molecular complexity index is 1590. The first kappa shape index (κ1) is 30.6. The minimum atomic E-state index is -4.45. The molecule has 0 bridgehead atoms. The van der Waals surface area contributed by atoms with E-state index < -0.39 is 28.0 Å². The zero-order chi connectivity index (χ0) is 30.1. The smallest absolute Gasteiger partial charge is 0.387 e. The van der Waals surface area contributed by atoms with Gasteiger partial charge < -0.3 is 13.9 Å². The molecule has 0 spiro atoms. The first-order valence-electron chi connectivity index (χ1n) is 12.7. The van der Waals surface area contributed by atoms with E-state index in [-0.39, 0.29) is 23.3 Å². The van der Waals surface area contributed by atoms with Gasteiger partial charge in [-0.3, -0.25) is 4.79 Å². The Morgan fingerprint density at radius 1 is 1.24 bits per heavy atom. The highest BCUT2D eigenvalue weighted by Gasteiger charge is 2.33. The minimum absolute atomic E-state index is 0.0840. The molecule has 1 fully saturated rings. The largest absolute Gasteiger partial charge is 0.417 e. The second kappa shape index (κ2) is 12.4. The van der Waals surface area contributed by atoms with Crippen molar-refractivity contribution in [1.82, 2.24) is 14.9 Å². The number of aromatic nitrogens is 2. The van der Waals surface area contributed by atoms with E-state index in [1.807, 2.05) is 5.38 Å². The molecular weight excluding hydrogens is 637 g/mol. The predicted octanol–water partition coefficient (Wildman–Crippen LogP) is 5.91. The topological polar surface area (TPSA) is 111 Å². The van der Waals surface area contributed by atoms with Crippen molar-refractivity contribution < 1.29 is 35.4 Å². The van der Waals surface area contributed by atoms with Crippen LogP contribution in [0.5, 0.6) is 5.75 Å². The van der Waals surface area contributed by atoms with Crippen molar-refractivity contribution in [2.45, 2.75) is 42.5 Å². The molecule has 2 aromatic heterocycles. The fraction of sp³-hybridized carbons (Fsp3) is 0.385. The highest BCUT2D eigenvalue weighted by Crippen LogP contribution is 2.40. The third kappa shape index (κ3) is 7.36. The van der Waals surface area contributed by atoms with E-state index in [1.165, 1.54) is 23.5 Å². The van der Waals surface area contributed by atoms with E-state index in [0.717, 1.165) is 48.1 Å². The van der Waals surface area contributed by atoms with E-state index in [2.05, 4.69) is 10.1 Å². The van der Waals surface area contributed by atoms with E-state index in [0.29, 0.717) is 46.5 Å². The second-order valence-electron chi connectivity index (χ2n) is 9.67. The van der Waals surface area contributed by atoms with Gasteiger partial charge in [0.25, 0.3) is 0 Å². The molecule has 1 aromatic carbocycles. The van der Waals surface area contributed by atoms with Crippen LogP contribution >= 0.6 is 34.7 Å². The third-order valence-corrected chi connectivity index (χ3v) is 9.41. The number of pyridine rings is 1. The molecule has 9 nitrogen and oxygen atoms in total. The van der Waals surface area contributed by atoms with Gasteiger partial charge in [-0.1, -0.05) is 34.6 Å². The molecule has 0 radical (unpaired) electrons. The molecule has 1 saturated heterocycles. The molecule has 3 aromatic rings. The number of halogens is 4. The monoisotopic (exact) mass is 660 g/mol. The van der Waals surface area contributed by atoms with Crippen LogP contribution in [-0.2, 0) is 25.9 Å². The molecule has 5 rings (SSSR count). The Balaban J connectivity index is 1.14. The van der Waals surface area contributed by atoms with Crippen LogP contribution < -0.4 is 4.18 Å². The lowest BCUT2D eigenvalue weighted by molar-refractivity contribution is -0.138. The first-order chi connectivity index (χ1) is 19.9. The summed E-state index contributed by atoms with van der Waals surface area (Å²) in [6, 6.07) is 6.94. The van der Waals surface area contributed by atoms with E-state index in [1.54, 1.807) is 17.0 Å². The Hall–Kier alpha value is -2.88. The van der Waals surface area contributed by atoms with Crippen LogP contribution in [-0.4, -0.2) is 60.0 Å². The summed E-state index contributed by atoms with van der Waals surface area (Å²) in [7, 11) is -3.78. The van der Waals surface area contributed by atoms with Crippen LogP contribution in [0.1, 0.15) is 53.1 Å². The van der Waals surface area contributed by atoms with E-state index in [4.69, 9.17) is 25.6 Å². The van der Waals surface area contributed by atoms with Gasteiger partial charge in [-0.15, -0.1) is 11.3 Å². The van der Waals surface area contributed by atoms with Crippen molar-refractivity contribution in [1.29, 1.82) is 0 Å². The summed E-state index contributed by atoms with van der Waals surface area (Å²) < 4.78 is 66.7. The van der Waals surface area contributed by atoms with Gasteiger partial charge in [-0.25, -0.2) is 9.97 Å². The van der Waals surface area contributed by atoms with Gasteiger partial charge >= 0.3 is 16.3 Å². The maximum Gasteiger partial charge on any atom is 0.417 e. The van der Waals surface area contributed by atoms with E-state index >= 15 is 0 Å². The van der Waals surface area contributed by atoms with Gasteiger partial charge in [0.2, 0.25) is 5.91 Å². The standard InChI is InChI=1S/C26H24ClF3N4O5S3/c1-42(36,37)39-20-4-2-3-17(27)24(20)21-11-18(33-38-21)19-13-41-25(32-19)15-7-9-34(10-8-15)23(35)14-40-22-6-5-16(12-31-22)26(28,29)30/h2-6,12-13,15,21H,7-11,14H2,1H3. The summed E-state index contributed by atoms with van der Waals surface area (Å²) in [4.78, 5) is 28.6. The summed E-state index contributed by atoms with van der Waals surface area (Å²) in [5, 5.41) is 7.65. The molecule has 2 aliphatic rings. The summed E-state index contributed by atoms with van der Waals surface area (Å²) in [6.45, 7) is 1.09. The van der Waals surface area contributed by atoms with Crippen molar-refractivity contribution >= 4 is 56.4 Å². The number of likely N-dealkylation sites (tertiary alicyclic amines) is 1. The number of alkyl halides is 3. The number of amides is 1. The van der Waals surface area contributed by atoms with Gasteiger partial charge in [0, 0.05) is 37.0 Å². The molecule has 0 N–H and O–H groups in total. The summed E-state index contributed by atoms with van der Waals surface area (Å²) in [6.07, 6.45) is -1.60. The first-order valence-corrected chi connectivity index (χ1v) is 16.7. The Labute approximate surface area is 253 Å². The molecule has 0 saturated carbocycles. The normalized spacial score (nSPS) is 18.1. The minimum Gasteiger partial charge on any atom is -0.387 e. The van der Waals surface area contributed by atoms with Crippen molar-refractivity contribution in [3.05, 3.63) is 68.8 Å². The van der Waals surface area contributed by atoms with Crippen molar-refractivity contribution in [3.8, 4) is 5.75 Å². The van der Waals surface area contributed by atoms with Crippen LogP contribution in [0, 0.1) is 0 Å². The second-order valence-corrected chi connectivity index (χ2v) is 13.5. The van der Waals surface area contributed by atoms with Crippen LogP contribution in [0.3, 0.4) is 0 Å². The van der Waals surface area contributed by atoms with Gasteiger partial charge in [-0.2, -0.15) is 21.6 Å². The molecular formula is C26H24ClF3N4O5S3. The Morgan fingerprint density at radius 3 is 2.67 bits per heavy atom. The summed E-state index contributed by atoms with van der Waals surface area (Å²) in [5.41, 5.74) is 0.832. The third-order valence-electron chi connectivity index (χ3n) is 6.67. The highest BCUT2D eigenvalue weighted by molar-refractivity contribution is 7.99. The lowest BCUT2D eigenvalue weighted by atomic mass is 9.97. The molecule has 1 atom stereocenters. The quantitative estimate of drug-likeness (QED) is 0.217. The van der Waals surface area contributed by atoms with Crippen LogP contribution in [0.25, 0.3) is 0 Å². The zero-order valence-electron chi connectivity index (χ0n) is 22.0. The summed E-state index contributed by atoms with van der Waals surface area (Å²) in [5.74, 6) is 0.241. The molecule has 1 amide bonds. The molecule has 2 aliphatic heterocycles. The fourth-order valence-electron chi connectivity index (χ4n) is 4.59. The Morgan fingerprint density at radius 2 is 2.00 bits per heavy atom. The number of hydrogen-bond donors (Lipinski definition) is 0. The number of thioether (sulfide) groups is 1. The zero-order valence-corrected chi connectivity index (χ0v) is 25.2.